The second-order valence-corrected chi connectivity index (χ2v) is 6.88. The van der Waals surface area contributed by atoms with E-state index in [0.717, 1.165) is 24.6 Å². The van der Waals surface area contributed by atoms with E-state index in [1.54, 1.807) is 18.2 Å². The fraction of sp³-hybridized carbons (Fsp3) is 0.368. The minimum Gasteiger partial charge on any atom is -0.481 e. The Bertz CT molecular complexity index is 815. The van der Waals surface area contributed by atoms with Crippen molar-refractivity contribution < 1.29 is 27.9 Å². The number of rotatable bonds is 6. The third kappa shape index (κ3) is 4.74. The second kappa shape index (κ2) is 7.35. The van der Waals surface area contributed by atoms with Gasteiger partial charge in [-0.05, 0) is 22.4 Å². The Kier molecular flexibility index (Phi) is 5.59. The number of carbonyl (C=O) groups excluding carboxylic acids is 1. The van der Waals surface area contributed by atoms with Crippen LogP contribution in [0.3, 0.4) is 0 Å². The van der Waals surface area contributed by atoms with Gasteiger partial charge in [0.05, 0.1) is 17.9 Å². The predicted octanol–water partition coefficient (Wildman–Crippen LogP) is 4.45. The first-order valence-corrected chi connectivity index (χ1v) is 8.06. The van der Waals surface area contributed by atoms with Crippen molar-refractivity contribution in [3.05, 3.63) is 48.0 Å². The molecule has 0 aliphatic rings. The van der Waals surface area contributed by atoms with Crippen LogP contribution in [-0.4, -0.2) is 23.2 Å². The van der Waals surface area contributed by atoms with Gasteiger partial charge in [-0.15, -0.1) is 0 Å². The number of carbonyl (C=O) groups is 2. The molecule has 26 heavy (non-hydrogen) atoms. The maximum Gasteiger partial charge on any atom is 0.394 e. The molecule has 0 fully saturated rings. The molecule has 0 saturated heterocycles. The Hall–Kier alpha value is -2.57. The van der Waals surface area contributed by atoms with Gasteiger partial charge >= 0.3 is 12.1 Å². The molecule has 0 spiro atoms. The van der Waals surface area contributed by atoms with Crippen LogP contribution in [0.2, 0.25) is 0 Å². The number of carboxylic acids is 1. The third-order valence-corrected chi connectivity index (χ3v) is 4.26. The van der Waals surface area contributed by atoms with Crippen LogP contribution in [0.1, 0.15) is 38.3 Å². The van der Waals surface area contributed by atoms with Gasteiger partial charge in [0.2, 0.25) is 5.91 Å². The molecule has 1 amide bonds. The summed E-state index contributed by atoms with van der Waals surface area (Å²) >= 11 is 0. The normalized spacial score (nSPS) is 13.4. The number of alkyl halides is 3. The number of benzene rings is 2. The molecule has 140 valence electrons. The van der Waals surface area contributed by atoms with Crippen LogP contribution >= 0.6 is 0 Å². The summed E-state index contributed by atoms with van der Waals surface area (Å²) in [6, 6.07) is 11.7. The zero-order valence-corrected chi connectivity index (χ0v) is 14.4. The summed E-state index contributed by atoms with van der Waals surface area (Å²) < 4.78 is 38.9. The zero-order valence-electron chi connectivity index (χ0n) is 14.4. The number of fused-ring (bicyclic) bond motifs is 1. The van der Waals surface area contributed by atoms with E-state index in [2.05, 4.69) is 5.32 Å². The summed E-state index contributed by atoms with van der Waals surface area (Å²) in [5.74, 6) is -2.00. The number of hydrogen-bond acceptors (Lipinski definition) is 2. The quantitative estimate of drug-likeness (QED) is 0.793. The number of nitrogens with one attached hydrogen (secondary N) is 1. The van der Waals surface area contributed by atoms with Crippen LogP contribution in [-0.2, 0) is 9.59 Å². The molecule has 0 aliphatic heterocycles. The fourth-order valence-corrected chi connectivity index (χ4v) is 2.60. The molecule has 0 saturated carbocycles. The summed E-state index contributed by atoms with van der Waals surface area (Å²) in [4.78, 5) is 23.3. The highest BCUT2D eigenvalue weighted by Gasteiger charge is 2.48. The van der Waals surface area contributed by atoms with E-state index in [1.807, 2.05) is 24.3 Å². The van der Waals surface area contributed by atoms with Crippen molar-refractivity contribution in [1.29, 1.82) is 0 Å². The van der Waals surface area contributed by atoms with E-state index in [4.69, 9.17) is 5.11 Å². The maximum atomic E-state index is 13.0. The molecule has 2 N–H and O–H groups in total. The van der Waals surface area contributed by atoms with Crippen LogP contribution < -0.4 is 5.32 Å². The van der Waals surface area contributed by atoms with Crippen LogP contribution in [0.25, 0.3) is 10.8 Å². The third-order valence-electron chi connectivity index (χ3n) is 4.26. The van der Waals surface area contributed by atoms with Crippen molar-refractivity contribution >= 4 is 22.6 Å². The van der Waals surface area contributed by atoms with E-state index in [0.29, 0.717) is 5.56 Å². The van der Waals surface area contributed by atoms with E-state index >= 15 is 0 Å². The van der Waals surface area contributed by atoms with E-state index in [1.165, 1.54) is 0 Å². The van der Waals surface area contributed by atoms with Gasteiger partial charge in [-0.3, -0.25) is 9.59 Å². The number of carboxylic acid groups (broad SMARTS) is 1. The van der Waals surface area contributed by atoms with Crippen LogP contribution in [0.15, 0.2) is 42.5 Å². The van der Waals surface area contributed by atoms with Crippen LogP contribution in [0.4, 0.5) is 13.2 Å². The van der Waals surface area contributed by atoms with Gasteiger partial charge in [-0.1, -0.05) is 50.2 Å². The average molecular weight is 367 g/mol. The summed E-state index contributed by atoms with van der Waals surface area (Å²) in [5, 5.41) is 13.3. The van der Waals surface area contributed by atoms with E-state index in [9.17, 15) is 22.8 Å². The highest BCUT2D eigenvalue weighted by molar-refractivity contribution is 5.84. The fourth-order valence-electron chi connectivity index (χ4n) is 2.60. The van der Waals surface area contributed by atoms with Crippen molar-refractivity contribution in [1.82, 2.24) is 5.32 Å². The van der Waals surface area contributed by atoms with Gasteiger partial charge in [0, 0.05) is 6.42 Å². The number of amides is 1. The summed E-state index contributed by atoms with van der Waals surface area (Å²) in [6.45, 7) is 1.88. The predicted molar refractivity (Wildman–Crippen MR) is 91.5 cm³/mol. The molecule has 2 aromatic carbocycles. The van der Waals surface area contributed by atoms with Crippen LogP contribution in [0, 0.1) is 5.41 Å². The lowest BCUT2D eigenvalue weighted by atomic mass is 9.88. The largest absolute Gasteiger partial charge is 0.481 e. The van der Waals surface area contributed by atoms with Crippen molar-refractivity contribution in [2.45, 2.75) is 38.9 Å². The first-order valence-electron chi connectivity index (χ1n) is 8.06. The Morgan fingerprint density at radius 2 is 1.69 bits per heavy atom. The molecule has 0 aromatic heterocycles. The van der Waals surface area contributed by atoms with Gasteiger partial charge in [0.25, 0.3) is 0 Å². The Morgan fingerprint density at radius 1 is 1.08 bits per heavy atom. The van der Waals surface area contributed by atoms with Gasteiger partial charge in [0.1, 0.15) is 0 Å². The van der Waals surface area contributed by atoms with Gasteiger partial charge in [-0.25, -0.2) is 0 Å². The molecule has 2 aromatic rings. The lowest BCUT2D eigenvalue weighted by molar-refractivity contribution is -0.213. The molecule has 0 aliphatic carbocycles. The molecular formula is C19H20F3NO3. The van der Waals surface area contributed by atoms with Gasteiger partial charge in [0.15, 0.2) is 0 Å². The molecule has 0 unspecified atom stereocenters. The highest BCUT2D eigenvalue weighted by Crippen LogP contribution is 2.40. The van der Waals surface area contributed by atoms with Crippen molar-refractivity contribution in [2.75, 3.05) is 0 Å². The van der Waals surface area contributed by atoms with E-state index in [-0.39, 0.29) is 0 Å². The summed E-state index contributed by atoms with van der Waals surface area (Å²) in [6.07, 6.45) is -5.73. The minimum absolute atomic E-state index is 0.420. The monoisotopic (exact) mass is 367 g/mol. The Labute approximate surface area is 149 Å². The number of aliphatic carboxylic acids is 1. The summed E-state index contributed by atoms with van der Waals surface area (Å²) in [7, 11) is 0. The second-order valence-electron chi connectivity index (χ2n) is 6.88. The Balaban J connectivity index is 2.23. The molecule has 0 radical (unpaired) electrons. The highest BCUT2D eigenvalue weighted by atomic mass is 19.4. The maximum absolute atomic E-state index is 13.0. The van der Waals surface area contributed by atoms with Crippen molar-refractivity contribution in [2.24, 2.45) is 5.41 Å². The number of hydrogen-bond donors (Lipinski definition) is 2. The molecule has 2 rings (SSSR count). The molecule has 7 heteroatoms. The molecular weight excluding hydrogens is 347 g/mol. The van der Waals surface area contributed by atoms with Gasteiger partial charge in [-0.2, -0.15) is 13.2 Å². The van der Waals surface area contributed by atoms with Gasteiger partial charge < -0.3 is 10.4 Å². The topological polar surface area (TPSA) is 66.4 Å². The zero-order chi connectivity index (χ0) is 19.5. The molecule has 4 nitrogen and oxygen atoms in total. The smallest absolute Gasteiger partial charge is 0.394 e. The minimum atomic E-state index is -4.53. The first kappa shape index (κ1) is 19.8. The average Bonchev–Trinajstić information content (AvgIpc) is 2.51. The number of halogens is 3. The van der Waals surface area contributed by atoms with Crippen molar-refractivity contribution in [3.63, 3.8) is 0 Å². The molecule has 0 heterocycles. The Morgan fingerprint density at radius 3 is 2.27 bits per heavy atom. The molecule has 1 atom stereocenters. The van der Waals surface area contributed by atoms with Crippen LogP contribution in [0.5, 0.6) is 0 Å². The van der Waals surface area contributed by atoms with E-state index < -0.39 is 42.4 Å². The standard InChI is InChI=1S/C19H20F3NO3/c1-18(2,19(20,21)22)11-16(24)23-15(10-17(25)26)14-8-7-12-5-3-4-6-13(12)9-14/h3-9,15H,10-11H2,1-2H3,(H,23,24)(H,25,26)/t15-/m0/s1. The molecule has 0 bridgehead atoms. The SMILES string of the molecule is CC(C)(CC(=O)N[C@@H](CC(=O)O)c1ccc2ccccc2c1)C(F)(F)F. The summed E-state index contributed by atoms with van der Waals surface area (Å²) in [5.41, 5.74) is -1.67. The lowest BCUT2D eigenvalue weighted by Crippen LogP contribution is -2.39. The van der Waals surface area contributed by atoms with Crippen molar-refractivity contribution in [3.8, 4) is 0 Å². The lowest BCUT2D eigenvalue weighted by Gasteiger charge is -2.28. The first-order chi connectivity index (χ1) is 12.0.